The van der Waals surface area contributed by atoms with Gasteiger partial charge in [0.25, 0.3) is 0 Å². The van der Waals surface area contributed by atoms with Crippen LogP contribution in [0.2, 0.25) is 0 Å². The molecule has 0 aliphatic heterocycles. The van der Waals surface area contributed by atoms with Crippen LogP contribution in [0.5, 0.6) is 0 Å². The van der Waals surface area contributed by atoms with Gasteiger partial charge in [-0.3, -0.25) is 5.10 Å². The van der Waals surface area contributed by atoms with Gasteiger partial charge in [-0.05, 0) is 12.0 Å². The molecule has 102 valence electrons. The topological polar surface area (TPSA) is 66.5 Å². The summed E-state index contributed by atoms with van der Waals surface area (Å²) in [6.45, 7) is 2.76. The Morgan fingerprint density at radius 1 is 1.20 bits per heavy atom. The minimum Gasteiger partial charge on any atom is -0.356 e. The maximum absolute atomic E-state index is 4.13. The number of anilines is 1. The third kappa shape index (κ3) is 2.70. The lowest BCUT2D eigenvalue weighted by Gasteiger charge is -2.03. The van der Waals surface area contributed by atoms with Crippen molar-refractivity contribution >= 4 is 16.5 Å². The maximum Gasteiger partial charge on any atom is 0.205 e. The number of rotatable bonds is 5. The number of aromatic amines is 1. The van der Waals surface area contributed by atoms with Gasteiger partial charge >= 0.3 is 0 Å². The number of hydrogen-bond acceptors (Lipinski definition) is 5. The summed E-state index contributed by atoms with van der Waals surface area (Å²) in [5.41, 5.74) is 3.29. The average molecular weight is 285 g/mol. The van der Waals surface area contributed by atoms with Crippen LogP contribution >= 0.6 is 11.3 Å². The zero-order chi connectivity index (χ0) is 13.8. The molecule has 3 aromatic rings. The molecular weight excluding hydrogens is 270 g/mol. The summed E-state index contributed by atoms with van der Waals surface area (Å²) in [7, 11) is 0. The molecule has 0 saturated carbocycles. The zero-order valence-electron chi connectivity index (χ0n) is 11.1. The summed E-state index contributed by atoms with van der Waals surface area (Å²) < 4.78 is 0. The van der Waals surface area contributed by atoms with Crippen LogP contribution in [-0.4, -0.2) is 20.4 Å². The van der Waals surface area contributed by atoms with E-state index in [9.17, 15) is 0 Å². The van der Waals surface area contributed by atoms with Crippen molar-refractivity contribution in [1.82, 2.24) is 20.4 Å². The Labute approximate surface area is 121 Å². The SMILES string of the molecule is CCc1nnc(NCc2cn[nH]c2-c2ccccc2)s1. The first-order chi connectivity index (χ1) is 9.86. The van der Waals surface area contributed by atoms with E-state index in [2.05, 4.69) is 44.8 Å². The first-order valence-electron chi connectivity index (χ1n) is 6.50. The molecule has 2 heterocycles. The third-order valence-electron chi connectivity index (χ3n) is 2.98. The Balaban J connectivity index is 1.74. The molecule has 0 radical (unpaired) electrons. The summed E-state index contributed by atoms with van der Waals surface area (Å²) in [5, 5.41) is 20.6. The van der Waals surface area contributed by atoms with Gasteiger partial charge in [0.05, 0.1) is 11.9 Å². The largest absolute Gasteiger partial charge is 0.356 e. The molecule has 20 heavy (non-hydrogen) atoms. The van der Waals surface area contributed by atoms with Gasteiger partial charge in [0.15, 0.2) is 0 Å². The molecular formula is C14H15N5S. The van der Waals surface area contributed by atoms with Crippen LogP contribution in [0.3, 0.4) is 0 Å². The van der Waals surface area contributed by atoms with E-state index in [1.165, 1.54) is 0 Å². The van der Waals surface area contributed by atoms with Crippen molar-refractivity contribution < 1.29 is 0 Å². The monoisotopic (exact) mass is 285 g/mol. The lowest BCUT2D eigenvalue weighted by molar-refractivity contribution is 0.975. The van der Waals surface area contributed by atoms with Crippen molar-refractivity contribution in [2.45, 2.75) is 19.9 Å². The van der Waals surface area contributed by atoms with E-state index in [1.54, 1.807) is 11.3 Å². The van der Waals surface area contributed by atoms with E-state index in [0.29, 0.717) is 6.54 Å². The molecule has 1 aromatic carbocycles. The van der Waals surface area contributed by atoms with E-state index in [4.69, 9.17) is 0 Å². The van der Waals surface area contributed by atoms with Crippen molar-refractivity contribution in [1.29, 1.82) is 0 Å². The second-order valence-electron chi connectivity index (χ2n) is 4.34. The van der Waals surface area contributed by atoms with Crippen molar-refractivity contribution in [2.75, 3.05) is 5.32 Å². The molecule has 2 N–H and O–H groups in total. The zero-order valence-corrected chi connectivity index (χ0v) is 11.9. The molecule has 6 heteroatoms. The fourth-order valence-corrected chi connectivity index (χ4v) is 2.61. The molecule has 0 aliphatic rings. The number of hydrogen-bond donors (Lipinski definition) is 2. The predicted molar refractivity (Wildman–Crippen MR) is 80.6 cm³/mol. The lowest BCUT2D eigenvalue weighted by Crippen LogP contribution is -1.99. The van der Waals surface area contributed by atoms with E-state index in [-0.39, 0.29) is 0 Å². The summed E-state index contributed by atoms with van der Waals surface area (Å²) in [6.07, 6.45) is 2.76. The summed E-state index contributed by atoms with van der Waals surface area (Å²) in [6, 6.07) is 10.2. The predicted octanol–water partition coefficient (Wildman–Crippen LogP) is 3.10. The molecule has 0 spiro atoms. The minimum absolute atomic E-state index is 0.680. The average Bonchev–Trinajstić information content (AvgIpc) is 3.15. The molecule has 0 atom stereocenters. The molecule has 0 amide bonds. The fraction of sp³-hybridized carbons (Fsp3) is 0.214. The lowest BCUT2D eigenvalue weighted by atomic mass is 10.1. The quantitative estimate of drug-likeness (QED) is 0.756. The Bertz CT molecular complexity index is 674. The molecule has 0 bridgehead atoms. The Hall–Kier alpha value is -2.21. The molecule has 5 nitrogen and oxygen atoms in total. The number of aryl methyl sites for hydroxylation is 1. The van der Waals surface area contributed by atoms with Crippen LogP contribution in [0.4, 0.5) is 5.13 Å². The highest BCUT2D eigenvalue weighted by atomic mass is 32.1. The van der Waals surface area contributed by atoms with Crippen molar-refractivity contribution in [3.8, 4) is 11.3 Å². The first kappa shape index (κ1) is 12.8. The highest BCUT2D eigenvalue weighted by Gasteiger charge is 2.08. The first-order valence-corrected chi connectivity index (χ1v) is 7.32. The molecule has 0 saturated heterocycles. The van der Waals surface area contributed by atoms with Crippen molar-refractivity contribution in [3.63, 3.8) is 0 Å². The standard InChI is InChI=1S/C14H15N5S/c1-2-12-17-19-14(20-12)15-8-11-9-16-18-13(11)10-6-4-3-5-7-10/h3-7,9H,2,8H2,1H3,(H,15,19)(H,16,18). The van der Waals surface area contributed by atoms with Crippen molar-refractivity contribution in [3.05, 3.63) is 47.1 Å². The number of H-pyrrole nitrogens is 1. The minimum atomic E-state index is 0.680. The number of benzene rings is 1. The summed E-state index contributed by atoms with van der Waals surface area (Å²) in [5.74, 6) is 0. The van der Waals surface area contributed by atoms with Crippen LogP contribution in [0.1, 0.15) is 17.5 Å². The van der Waals surface area contributed by atoms with Gasteiger partial charge < -0.3 is 5.32 Å². The maximum atomic E-state index is 4.13. The number of nitrogens with one attached hydrogen (secondary N) is 2. The van der Waals surface area contributed by atoms with Crippen molar-refractivity contribution in [2.24, 2.45) is 0 Å². The third-order valence-corrected chi connectivity index (χ3v) is 4.00. The van der Waals surface area contributed by atoms with E-state index >= 15 is 0 Å². The normalized spacial score (nSPS) is 10.7. The summed E-state index contributed by atoms with van der Waals surface area (Å²) >= 11 is 1.59. The van der Waals surface area contributed by atoms with Gasteiger partial charge in [0.2, 0.25) is 5.13 Å². The molecule has 3 rings (SSSR count). The Kier molecular flexibility index (Phi) is 3.73. The van der Waals surface area contributed by atoms with Crippen LogP contribution in [0.15, 0.2) is 36.5 Å². The van der Waals surface area contributed by atoms with Crippen LogP contribution in [0.25, 0.3) is 11.3 Å². The molecule has 0 unspecified atom stereocenters. The van der Waals surface area contributed by atoms with E-state index in [1.807, 2.05) is 24.4 Å². The Morgan fingerprint density at radius 3 is 2.80 bits per heavy atom. The van der Waals surface area contributed by atoms with Gasteiger partial charge in [-0.15, -0.1) is 10.2 Å². The van der Waals surface area contributed by atoms with Gasteiger partial charge in [0.1, 0.15) is 5.01 Å². The van der Waals surface area contributed by atoms with Gasteiger partial charge in [0, 0.05) is 12.1 Å². The van der Waals surface area contributed by atoms with E-state index in [0.717, 1.165) is 33.4 Å². The number of aromatic nitrogens is 4. The second-order valence-corrected chi connectivity index (χ2v) is 5.41. The highest BCUT2D eigenvalue weighted by molar-refractivity contribution is 7.15. The number of nitrogens with zero attached hydrogens (tertiary/aromatic N) is 3. The Morgan fingerprint density at radius 2 is 2.05 bits per heavy atom. The van der Waals surface area contributed by atoms with Gasteiger partial charge in [-0.1, -0.05) is 48.6 Å². The van der Waals surface area contributed by atoms with Crippen LogP contribution < -0.4 is 5.32 Å². The summed E-state index contributed by atoms with van der Waals surface area (Å²) in [4.78, 5) is 0. The van der Waals surface area contributed by atoms with Crippen LogP contribution in [-0.2, 0) is 13.0 Å². The fourth-order valence-electron chi connectivity index (χ4n) is 1.94. The van der Waals surface area contributed by atoms with Gasteiger partial charge in [-0.25, -0.2) is 0 Å². The molecule has 2 aromatic heterocycles. The van der Waals surface area contributed by atoms with E-state index < -0.39 is 0 Å². The second kappa shape index (κ2) is 5.83. The van der Waals surface area contributed by atoms with Gasteiger partial charge in [-0.2, -0.15) is 5.10 Å². The smallest absolute Gasteiger partial charge is 0.205 e. The molecule has 0 fully saturated rings. The van der Waals surface area contributed by atoms with Crippen LogP contribution in [0, 0.1) is 0 Å². The molecule has 0 aliphatic carbocycles. The highest BCUT2D eigenvalue weighted by Crippen LogP contribution is 2.22.